The maximum atomic E-state index is 12.6. The number of nitrogens with two attached hydrogens (primary N) is 1. The Morgan fingerprint density at radius 1 is 1.33 bits per heavy atom. The highest BCUT2D eigenvalue weighted by Crippen LogP contribution is 2.21. The second kappa shape index (κ2) is 7.96. The van der Waals surface area contributed by atoms with Crippen LogP contribution in [0.15, 0.2) is 29.1 Å². The summed E-state index contributed by atoms with van der Waals surface area (Å²) in [4.78, 5) is 45.4. The SMILES string of the molecule is CCSC(C)C(=O)N1CCc2c(nc(-c3ccc(C(N)=O)cc3)[nH]c2=O)C1. The van der Waals surface area contributed by atoms with Crippen LogP contribution in [0.2, 0.25) is 0 Å². The maximum Gasteiger partial charge on any atom is 0.254 e. The number of fused-ring (bicyclic) bond motifs is 1. The molecule has 0 spiro atoms. The Morgan fingerprint density at radius 2 is 2.04 bits per heavy atom. The molecule has 2 heterocycles. The van der Waals surface area contributed by atoms with Crippen molar-refractivity contribution in [2.24, 2.45) is 5.73 Å². The third-order valence-corrected chi connectivity index (χ3v) is 5.63. The summed E-state index contributed by atoms with van der Waals surface area (Å²) in [5.41, 5.74) is 7.40. The lowest BCUT2D eigenvalue weighted by atomic mass is 10.1. The zero-order valence-electron chi connectivity index (χ0n) is 15.3. The van der Waals surface area contributed by atoms with Crippen LogP contribution < -0.4 is 11.3 Å². The predicted octanol–water partition coefficient (Wildman–Crippen LogP) is 1.56. The zero-order valence-corrected chi connectivity index (χ0v) is 16.1. The second-order valence-corrected chi connectivity index (χ2v) is 8.01. The Morgan fingerprint density at radius 3 is 2.67 bits per heavy atom. The molecule has 1 aromatic carbocycles. The van der Waals surface area contributed by atoms with Crippen LogP contribution in [0.1, 0.15) is 35.5 Å². The molecule has 0 fully saturated rings. The number of aromatic amines is 1. The van der Waals surface area contributed by atoms with Crippen LogP contribution in [0, 0.1) is 0 Å². The topological polar surface area (TPSA) is 109 Å². The van der Waals surface area contributed by atoms with Crippen LogP contribution in [-0.2, 0) is 17.8 Å². The van der Waals surface area contributed by atoms with Gasteiger partial charge in [-0.05, 0) is 31.2 Å². The highest BCUT2D eigenvalue weighted by Gasteiger charge is 2.27. The van der Waals surface area contributed by atoms with Crippen LogP contribution >= 0.6 is 11.8 Å². The van der Waals surface area contributed by atoms with Gasteiger partial charge in [0.1, 0.15) is 5.82 Å². The zero-order chi connectivity index (χ0) is 19.6. The third-order valence-electron chi connectivity index (χ3n) is 4.59. The molecule has 8 heteroatoms. The van der Waals surface area contributed by atoms with Gasteiger partial charge in [-0.3, -0.25) is 14.4 Å². The molecule has 3 rings (SSSR count). The number of nitrogens with one attached hydrogen (secondary N) is 1. The molecule has 1 atom stereocenters. The molecule has 27 heavy (non-hydrogen) atoms. The first-order chi connectivity index (χ1) is 12.9. The number of hydrogen-bond acceptors (Lipinski definition) is 5. The van der Waals surface area contributed by atoms with Gasteiger partial charge in [0.05, 0.1) is 17.5 Å². The molecule has 2 amide bonds. The minimum absolute atomic E-state index is 0.0712. The number of aromatic nitrogens is 2. The molecular weight excluding hydrogens is 364 g/mol. The number of benzene rings is 1. The minimum Gasteiger partial charge on any atom is -0.366 e. The van der Waals surface area contributed by atoms with E-state index in [1.54, 1.807) is 40.9 Å². The summed E-state index contributed by atoms with van der Waals surface area (Å²) in [6.45, 7) is 4.79. The van der Waals surface area contributed by atoms with E-state index in [2.05, 4.69) is 9.97 Å². The summed E-state index contributed by atoms with van der Waals surface area (Å²) >= 11 is 1.60. The lowest BCUT2D eigenvalue weighted by molar-refractivity contribution is -0.131. The number of hydrogen-bond donors (Lipinski definition) is 2. The van der Waals surface area contributed by atoms with Gasteiger partial charge in [0.2, 0.25) is 11.8 Å². The monoisotopic (exact) mass is 386 g/mol. The second-order valence-electron chi connectivity index (χ2n) is 6.39. The average molecular weight is 386 g/mol. The Bertz CT molecular complexity index is 924. The predicted molar refractivity (Wildman–Crippen MR) is 106 cm³/mol. The number of carbonyl (C=O) groups is 2. The first kappa shape index (κ1) is 19.2. The van der Waals surface area contributed by atoms with Crippen LogP contribution in [0.25, 0.3) is 11.4 Å². The van der Waals surface area contributed by atoms with Gasteiger partial charge in [-0.1, -0.05) is 19.1 Å². The van der Waals surface area contributed by atoms with E-state index in [1.165, 1.54) is 0 Å². The number of nitrogens with zero attached hydrogens (tertiary/aromatic N) is 2. The van der Waals surface area contributed by atoms with E-state index < -0.39 is 5.91 Å². The highest BCUT2D eigenvalue weighted by atomic mass is 32.2. The fraction of sp³-hybridized carbons (Fsp3) is 0.368. The van der Waals surface area contributed by atoms with E-state index in [0.29, 0.717) is 47.7 Å². The normalized spacial score (nSPS) is 14.5. The summed E-state index contributed by atoms with van der Waals surface area (Å²) in [6.07, 6.45) is 0.494. The molecule has 2 aromatic rings. The van der Waals surface area contributed by atoms with Gasteiger partial charge in [-0.25, -0.2) is 4.98 Å². The summed E-state index contributed by atoms with van der Waals surface area (Å²) in [6, 6.07) is 6.57. The van der Waals surface area contributed by atoms with Crippen LogP contribution in [0.3, 0.4) is 0 Å². The summed E-state index contributed by atoms with van der Waals surface area (Å²) in [5, 5.41) is -0.112. The van der Waals surface area contributed by atoms with Gasteiger partial charge in [0, 0.05) is 23.2 Å². The number of primary amides is 1. The molecule has 0 bridgehead atoms. The van der Waals surface area contributed by atoms with E-state index >= 15 is 0 Å². The van der Waals surface area contributed by atoms with Crippen molar-refractivity contribution in [1.29, 1.82) is 0 Å². The maximum absolute atomic E-state index is 12.6. The minimum atomic E-state index is -0.512. The van der Waals surface area contributed by atoms with Crippen molar-refractivity contribution in [3.8, 4) is 11.4 Å². The first-order valence-electron chi connectivity index (χ1n) is 8.83. The van der Waals surface area contributed by atoms with Gasteiger partial charge in [0.25, 0.3) is 5.56 Å². The van der Waals surface area contributed by atoms with Gasteiger partial charge in [0.15, 0.2) is 0 Å². The van der Waals surface area contributed by atoms with Crippen LogP contribution in [-0.4, -0.2) is 44.2 Å². The molecule has 0 saturated heterocycles. The fourth-order valence-corrected chi connectivity index (χ4v) is 3.93. The van der Waals surface area contributed by atoms with E-state index in [9.17, 15) is 14.4 Å². The lowest BCUT2D eigenvalue weighted by Crippen LogP contribution is -2.42. The molecule has 0 aliphatic carbocycles. The van der Waals surface area contributed by atoms with Gasteiger partial charge in [-0.2, -0.15) is 0 Å². The number of H-pyrrole nitrogens is 1. The van der Waals surface area contributed by atoms with Crippen molar-refractivity contribution in [2.75, 3.05) is 12.3 Å². The quantitative estimate of drug-likeness (QED) is 0.810. The van der Waals surface area contributed by atoms with Crippen LogP contribution in [0.5, 0.6) is 0 Å². The Labute approximate surface area is 161 Å². The lowest BCUT2D eigenvalue weighted by Gasteiger charge is -2.29. The van der Waals surface area contributed by atoms with Gasteiger partial charge >= 0.3 is 0 Å². The Hall–Kier alpha value is -2.61. The van der Waals surface area contributed by atoms with E-state index in [0.717, 1.165) is 5.75 Å². The van der Waals surface area contributed by atoms with Crippen molar-refractivity contribution >= 4 is 23.6 Å². The summed E-state index contributed by atoms with van der Waals surface area (Å²) in [7, 11) is 0. The number of carbonyl (C=O) groups excluding carboxylic acids is 2. The standard InChI is InChI=1S/C19H22N4O3S/c1-3-27-11(2)19(26)23-9-8-14-15(10-23)21-17(22-18(14)25)13-6-4-12(5-7-13)16(20)24/h4-7,11H,3,8-10H2,1-2H3,(H2,20,24)(H,21,22,25). The molecule has 1 aromatic heterocycles. The molecule has 0 saturated carbocycles. The van der Waals surface area contributed by atoms with Crippen molar-refractivity contribution < 1.29 is 9.59 Å². The number of rotatable bonds is 5. The van der Waals surface area contributed by atoms with Crippen molar-refractivity contribution in [1.82, 2.24) is 14.9 Å². The molecule has 1 unspecified atom stereocenters. The first-order valence-corrected chi connectivity index (χ1v) is 9.88. The Kier molecular flexibility index (Phi) is 5.65. The average Bonchev–Trinajstić information content (AvgIpc) is 2.67. The van der Waals surface area contributed by atoms with Crippen molar-refractivity contribution in [2.45, 2.75) is 32.1 Å². The third kappa shape index (κ3) is 4.05. The number of thioether (sulfide) groups is 1. The molecule has 1 aliphatic heterocycles. The summed E-state index contributed by atoms with van der Waals surface area (Å²) < 4.78 is 0. The van der Waals surface area contributed by atoms with E-state index in [1.807, 2.05) is 13.8 Å². The van der Waals surface area contributed by atoms with Crippen molar-refractivity contribution in [3.63, 3.8) is 0 Å². The number of amides is 2. The molecule has 3 N–H and O–H groups in total. The molecular formula is C19H22N4O3S. The van der Waals surface area contributed by atoms with E-state index in [-0.39, 0.29) is 16.7 Å². The molecule has 7 nitrogen and oxygen atoms in total. The van der Waals surface area contributed by atoms with Crippen molar-refractivity contribution in [3.05, 3.63) is 51.4 Å². The van der Waals surface area contributed by atoms with E-state index in [4.69, 9.17) is 5.73 Å². The summed E-state index contributed by atoms with van der Waals surface area (Å²) in [5.74, 6) is 0.851. The Balaban J connectivity index is 1.89. The fourth-order valence-electron chi connectivity index (χ4n) is 3.14. The molecule has 0 radical (unpaired) electrons. The highest BCUT2D eigenvalue weighted by molar-refractivity contribution is 8.00. The van der Waals surface area contributed by atoms with Gasteiger partial charge in [-0.15, -0.1) is 11.8 Å². The smallest absolute Gasteiger partial charge is 0.254 e. The molecule has 1 aliphatic rings. The van der Waals surface area contributed by atoms with Crippen LogP contribution in [0.4, 0.5) is 0 Å². The van der Waals surface area contributed by atoms with Gasteiger partial charge < -0.3 is 15.6 Å². The molecule has 142 valence electrons. The largest absolute Gasteiger partial charge is 0.366 e.